The van der Waals surface area contributed by atoms with Crippen molar-refractivity contribution in [3.05, 3.63) is 11.6 Å². The lowest BCUT2D eigenvalue weighted by Gasteiger charge is -2.24. The summed E-state index contributed by atoms with van der Waals surface area (Å²) in [6.07, 6.45) is 13.6. The number of carbonyl (C=O) groups is 1. The van der Waals surface area contributed by atoms with E-state index in [0.717, 1.165) is 25.7 Å². The lowest BCUT2D eigenvalue weighted by atomic mass is 9.88. The second-order valence-electron chi connectivity index (χ2n) is 7.53. The summed E-state index contributed by atoms with van der Waals surface area (Å²) >= 11 is 0. The predicted octanol–water partition coefficient (Wildman–Crippen LogP) is 5.56. The first-order chi connectivity index (χ1) is 12.1. The molecule has 4 nitrogen and oxygen atoms in total. The Morgan fingerprint density at radius 2 is 1.64 bits per heavy atom. The van der Waals surface area contributed by atoms with Gasteiger partial charge >= 0.3 is 5.97 Å². The molecule has 0 aliphatic heterocycles. The minimum Gasteiger partial charge on any atom is -0.463 e. The second kappa shape index (κ2) is 10.5. The Hall–Kier alpha value is -0.600. The van der Waals surface area contributed by atoms with Crippen LogP contribution in [0.15, 0.2) is 11.6 Å². The van der Waals surface area contributed by atoms with Crippen LogP contribution in [-0.4, -0.2) is 31.5 Å². The minimum atomic E-state index is -2.84. The normalized spacial score (nSPS) is 22.7. The molecule has 2 aliphatic rings. The molecular formula is C20H35O4P. The molecule has 2 saturated carbocycles. The molecule has 0 N–H and O–H groups in total. The van der Waals surface area contributed by atoms with Crippen molar-refractivity contribution in [3.63, 3.8) is 0 Å². The highest BCUT2D eigenvalue weighted by Crippen LogP contribution is 2.52. The van der Waals surface area contributed by atoms with Crippen molar-refractivity contribution in [3.8, 4) is 0 Å². The average molecular weight is 370 g/mol. The molecule has 0 heterocycles. The topological polar surface area (TPSA) is 52.6 Å². The summed E-state index contributed by atoms with van der Waals surface area (Å²) in [4.78, 5) is 12.5. The van der Waals surface area contributed by atoms with Crippen LogP contribution in [-0.2, 0) is 18.6 Å². The maximum Gasteiger partial charge on any atom is 0.334 e. The van der Waals surface area contributed by atoms with Crippen LogP contribution in [0, 0.1) is 11.8 Å². The van der Waals surface area contributed by atoms with Crippen LogP contribution in [0.4, 0.5) is 0 Å². The zero-order chi connectivity index (χ0) is 18.1. The van der Waals surface area contributed by atoms with Gasteiger partial charge in [-0.15, -0.1) is 0 Å². The molecule has 0 aromatic rings. The Balaban J connectivity index is 2.13. The van der Waals surface area contributed by atoms with E-state index in [1.165, 1.54) is 32.1 Å². The van der Waals surface area contributed by atoms with Gasteiger partial charge in [0.1, 0.15) is 0 Å². The number of hydrogen-bond acceptors (Lipinski definition) is 4. The molecule has 144 valence electrons. The number of ether oxygens (including phenoxy) is 1. The molecule has 2 rings (SSSR count). The Morgan fingerprint density at radius 1 is 1.00 bits per heavy atom. The summed E-state index contributed by atoms with van der Waals surface area (Å²) in [6.45, 7) is 4.49. The Kier molecular flexibility index (Phi) is 8.72. The van der Waals surface area contributed by atoms with Gasteiger partial charge in [-0.1, -0.05) is 38.2 Å². The molecule has 1 unspecified atom stereocenters. The van der Waals surface area contributed by atoms with Crippen molar-refractivity contribution in [1.82, 2.24) is 0 Å². The molecule has 0 radical (unpaired) electrons. The van der Waals surface area contributed by atoms with Crippen LogP contribution in [0.2, 0.25) is 0 Å². The zero-order valence-corrected chi connectivity index (χ0v) is 16.9. The van der Waals surface area contributed by atoms with Gasteiger partial charge in [-0.05, 0) is 51.4 Å². The fourth-order valence-corrected chi connectivity index (χ4v) is 6.94. The second-order valence-corrected chi connectivity index (χ2v) is 10.1. The monoisotopic (exact) mass is 370 g/mol. The molecular weight excluding hydrogens is 335 g/mol. The van der Waals surface area contributed by atoms with Crippen LogP contribution >= 0.6 is 7.37 Å². The molecule has 25 heavy (non-hydrogen) atoms. The fourth-order valence-electron chi connectivity index (χ4n) is 4.24. The first kappa shape index (κ1) is 20.7. The smallest absolute Gasteiger partial charge is 0.334 e. The SMILES string of the molecule is CCOC(=O)/C(=C/C1CCCCC1)CP(=O)(CC1CCCC1)OCC. The van der Waals surface area contributed by atoms with Crippen LogP contribution in [0.5, 0.6) is 0 Å². The third-order valence-electron chi connectivity index (χ3n) is 5.41. The lowest BCUT2D eigenvalue weighted by Crippen LogP contribution is -2.17. The molecule has 0 aromatic carbocycles. The van der Waals surface area contributed by atoms with Gasteiger partial charge in [-0.3, -0.25) is 4.57 Å². The summed E-state index contributed by atoms with van der Waals surface area (Å²) in [5.74, 6) is 0.588. The highest BCUT2D eigenvalue weighted by Gasteiger charge is 2.32. The molecule has 0 spiro atoms. The molecule has 0 amide bonds. The molecule has 0 saturated heterocycles. The van der Waals surface area contributed by atoms with Gasteiger partial charge in [-0.25, -0.2) is 4.79 Å². The van der Waals surface area contributed by atoms with Gasteiger partial charge in [0.25, 0.3) is 0 Å². The number of hydrogen-bond donors (Lipinski definition) is 0. The van der Waals surface area contributed by atoms with Gasteiger partial charge in [0.15, 0.2) is 0 Å². The molecule has 0 aromatic heterocycles. The number of carbonyl (C=O) groups excluding carboxylic acids is 1. The summed E-state index contributed by atoms with van der Waals surface area (Å²) in [5.41, 5.74) is 0.587. The van der Waals surface area contributed by atoms with Crippen molar-refractivity contribution in [2.45, 2.75) is 71.6 Å². The Bertz CT molecular complexity index is 488. The number of allylic oxidation sites excluding steroid dienone is 1. The van der Waals surface area contributed by atoms with Crippen molar-refractivity contribution in [2.24, 2.45) is 11.8 Å². The van der Waals surface area contributed by atoms with Crippen LogP contribution in [0.25, 0.3) is 0 Å². The first-order valence-corrected chi connectivity index (χ1v) is 12.2. The van der Waals surface area contributed by atoms with E-state index in [1.54, 1.807) is 0 Å². The molecule has 2 aliphatic carbocycles. The average Bonchev–Trinajstić information content (AvgIpc) is 3.08. The first-order valence-electron chi connectivity index (χ1n) is 10.2. The van der Waals surface area contributed by atoms with Gasteiger partial charge in [0.2, 0.25) is 7.37 Å². The van der Waals surface area contributed by atoms with Gasteiger partial charge in [0.05, 0.1) is 19.4 Å². The molecule has 1 atom stereocenters. The minimum absolute atomic E-state index is 0.243. The van der Waals surface area contributed by atoms with E-state index in [1.807, 2.05) is 13.8 Å². The molecule has 0 bridgehead atoms. The van der Waals surface area contributed by atoms with Crippen molar-refractivity contribution in [1.29, 1.82) is 0 Å². The van der Waals surface area contributed by atoms with E-state index in [0.29, 0.717) is 36.8 Å². The standard InChI is InChI=1S/C20H35O4P/c1-3-23-20(21)19(14-17-10-6-5-7-11-17)16-25(22,24-4-2)15-18-12-8-9-13-18/h14,17-18H,3-13,15-16H2,1-2H3/b19-14+. The van der Waals surface area contributed by atoms with E-state index < -0.39 is 7.37 Å². The summed E-state index contributed by atoms with van der Waals surface area (Å²) in [6, 6.07) is 0. The Morgan fingerprint density at radius 3 is 2.24 bits per heavy atom. The largest absolute Gasteiger partial charge is 0.463 e. The van der Waals surface area contributed by atoms with E-state index >= 15 is 0 Å². The van der Waals surface area contributed by atoms with E-state index in [2.05, 4.69) is 6.08 Å². The highest BCUT2D eigenvalue weighted by atomic mass is 31.2. The molecule has 2 fully saturated rings. The maximum absolute atomic E-state index is 13.5. The van der Waals surface area contributed by atoms with Gasteiger partial charge in [-0.2, -0.15) is 0 Å². The van der Waals surface area contributed by atoms with Crippen LogP contribution in [0.1, 0.15) is 71.6 Å². The summed E-state index contributed by atoms with van der Waals surface area (Å²) < 4.78 is 24.5. The summed E-state index contributed by atoms with van der Waals surface area (Å²) in [5, 5.41) is 0. The van der Waals surface area contributed by atoms with Gasteiger partial charge < -0.3 is 9.26 Å². The van der Waals surface area contributed by atoms with Gasteiger partial charge in [0, 0.05) is 11.7 Å². The number of rotatable bonds is 9. The van der Waals surface area contributed by atoms with Crippen molar-refractivity contribution < 1.29 is 18.6 Å². The quantitative estimate of drug-likeness (QED) is 0.303. The predicted molar refractivity (Wildman–Crippen MR) is 102 cm³/mol. The fraction of sp³-hybridized carbons (Fsp3) is 0.850. The maximum atomic E-state index is 13.5. The summed E-state index contributed by atoms with van der Waals surface area (Å²) in [7, 11) is -2.84. The lowest BCUT2D eigenvalue weighted by molar-refractivity contribution is -0.138. The number of esters is 1. The third kappa shape index (κ3) is 6.90. The van der Waals surface area contributed by atoms with Crippen molar-refractivity contribution in [2.75, 3.05) is 25.5 Å². The van der Waals surface area contributed by atoms with Crippen LogP contribution < -0.4 is 0 Å². The highest BCUT2D eigenvalue weighted by molar-refractivity contribution is 7.59. The Labute approximate surface area is 153 Å². The van der Waals surface area contributed by atoms with Crippen LogP contribution in [0.3, 0.4) is 0 Å². The van der Waals surface area contributed by atoms with E-state index in [-0.39, 0.29) is 12.1 Å². The van der Waals surface area contributed by atoms with E-state index in [9.17, 15) is 9.36 Å². The molecule has 5 heteroatoms. The van der Waals surface area contributed by atoms with E-state index in [4.69, 9.17) is 9.26 Å². The van der Waals surface area contributed by atoms with Crippen molar-refractivity contribution >= 4 is 13.3 Å². The zero-order valence-electron chi connectivity index (χ0n) is 16.0. The third-order valence-corrected chi connectivity index (χ3v) is 8.04.